The van der Waals surface area contributed by atoms with E-state index in [9.17, 15) is 0 Å². The summed E-state index contributed by atoms with van der Waals surface area (Å²) >= 11 is 0. The predicted molar refractivity (Wildman–Crippen MR) is 319 cm³/mol. The summed E-state index contributed by atoms with van der Waals surface area (Å²) in [4.78, 5) is 0. The van der Waals surface area contributed by atoms with Crippen LogP contribution in [-0.2, 0) is 31.1 Å². The molecular formula is C71H92O3. The van der Waals surface area contributed by atoms with Crippen LogP contribution < -0.4 is 14.2 Å². The maximum absolute atomic E-state index is 6.27. The van der Waals surface area contributed by atoms with Crippen LogP contribution in [0.3, 0.4) is 0 Å². The van der Waals surface area contributed by atoms with Gasteiger partial charge in [-0.2, -0.15) is 0 Å². The van der Waals surface area contributed by atoms with E-state index >= 15 is 0 Å². The smallest absolute Gasteiger partial charge is 0.126 e. The molecule has 0 unspecified atom stereocenters. The summed E-state index contributed by atoms with van der Waals surface area (Å²) in [6.45, 7) is 37.4. The third kappa shape index (κ3) is 16.0. The van der Waals surface area contributed by atoms with E-state index in [0.717, 1.165) is 42.9 Å². The largest absolute Gasteiger partial charge is 0.490 e. The Morgan fingerprint density at radius 3 is 1.12 bits per heavy atom. The molecule has 74 heavy (non-hydrogen) atoms. The number of aryl methyl sites for hydroxylation is 3. The second kappa shape index (κ2) is 28.0. The van der Waals surface area contributed by atoms with E-state index in [-0.39, 0.29) is 29.6 Å². The van der Waals surface area contributed by atoms with Gasteiger partial charge in [0.05, 0.1) is 18.3 Å². The highest BCUT2D eigenvalue weighted by molar-refractivity contribution is 5.54. The van der Waals surface area contributed by atoms with Crippen LogP contribution >= 0.6 is 0 Å². The van der Waals surface area contributed by atoms with Gasteiger partial charge in [-0.3, -0.25) is 0 Å². The molecular weight excluding hydrogens is 901 g/mol. The fraction of sp³-hybridized carbons (Fsp3) is 0.408. The van der Waals surface area contributed by atoms with Crippen LogP contribution in [0.15, 0.2) is 158 Å². The van der Waals surface area contributed by atoms with E-state index in [4.69, 9.17) is 14.2 Å². The maximum atomic E-state index is 6.27. The van der Waals surface area contributed by atoms with Crippen LogP contribution in [0.4, 0.5) is 0 Å². The second-order valence-electron chi connectivity index (χ2n) is 22.3. The van der Waals surface area contributed by atoms with Crippen LogP contribution in [-0.4, -0.2) is 18.3 Å². The van der Waals surface area contributed by atoms with Crippen molar-refractivity contribution >= 4 is 0 Å². The lowest BCUT2D eigenvalue weighted by atomic mass is 9.76. The molecule has 7 rings (SSSR count). The minimum atomic E-state index is -0.0226. The van der Waals surface area contributed by atoms with Gasteiger partial charge in [0.2, 0.25) is 0 Å². The molecule has 394 valence electrons. The second-order valence-corrected chi connectivity index (χ2v) is 22.3. The van der Waals surface area contributed by atoms with Crippen LogP contribution in [0.2, 0.25) is 0 Å². The summed E-state index contributed by atoms with van der Waals surface area (Å²) in [6.07, 6.45) is 4.52. The minimum Gasteiger partial charge on any atom is -0.490 e. The van der Waals surface area contributed by atoms with Crippen molar-refractivity contribution < 1.29 is 14.2 Å². The van der Waals surface area contributed by atoms with Crippen molar-refractivity contribution in [1.29, 1.82) is 0 Å². The van der Waals surface area contributed by atoms with Crippen molar-refractivity contribution in [3.63, 3.8) is 0 Å². The Hall–Kier alpha value is -6.06. The lowest BCUT2D eigenvalue weighted by Crippen LogP contribution is -2.20. The standard InChI is InChI=1S/C27H32O.C23H32O.C21H28O/c1-6-21-17-24(18-25(19(2)3)27(21)28-20(4)5)26(22-13-9-7-10-14-22)23-15-11-8-12-16-23;1-8-18-14-20(23(6,7)19-12-10-9-11-13-19)15-21(16(2)3)22(18)24-17(4)5;1-6-19-13-18(12-17-10-8-7-9-11-17)14-20(15(2)3)21(19)22-16(4)5/h7-20,26H,6H2,1-5H3;9-17H,8H2,1-7H3;7-11,13-16H,6,12H2,1-5H3. The molecule has 0 aromatic heterocycles. The van der Waals surface area contributed by atoms with Gasteiger partial charge in [0.1, 0.15) is 17.2 Å². The van der Waals surface area contributed by atoms with Crippen LogP contribution in [0.25, 0.3) is 0 Å². The molecule has 0 aliphatic carbocycles. The van der Waals surface area contributed by atoms with Gasteiger partial charge in [0.25, 0.3) is 0 Å². The van der Waals surface area contributed by atoms with Crippen molar-refractivity contribution in [2.24, 2.45) is 0 Å². The Bertz CT molecular complexity index is 2710. The van der Waals surface area contributed by atoms with Gasteiger partial charge in [0, 0.05) is 11.3 Å². The van der Waals surface area contributed by atoms with Gasteiger partial charge in [-0.05, 0) is 157 Å². The summed E-state index contributed by atoms with van der Waals surface area (Å²) in [5.74, 6) is 4.81. The van der Waals surface area contributed by atoms with Gasteiger partial charge in [-0.15, -0.1) is 0 Å². The monoisotopic (exact) mass is 993 g/mol. The maximum Gasteiger partial charge on any atom is 0.126 e. The van der Waals surface area contributed by atoms with E-state index in [1.807, 2.05) is 0 Å². The topological polar surface area (TPSA) is 27.7 Å². The summed E-state index contributed by atoms with van der Waals surface area (Å²) in [5, 5.41) is 0. The van der Waals surface area contributed by atoms with E-state index in [0.29, 0.717) is 17.8 Å². The van der Waals surface area contributed by atoms with E-state index in [1.54, 1.807) is 0 Å². The van der Waals surface area contributed by atoms with Crippen molar-refractivity contribution in [3.05, 3.63) is 230 Å². The Labute approximate surface area is 450 Å². The molecule has 0 aliphatic rings. The number of ether oxygens (including phenoxy) is 3. The van der Waals surface area contributed by atoms with Crippen LogP contribution in [0.5, 0.6) is 17.2 Å². The summed E-state index contributed by atoms with van der Waals surface area (Å²) < 4.78 is 18.6. The fourth-order valence-electron chi connectivity index (χ4n) is 9.80. The fourth-order valence-corrected chi connectivity index (χ4v) is 9.80. The van der Waals surface area contributed by atoms with Gasteiger partial charge in [-0.1, -0.05) is 234 Å². The molecule has 0 heterocycles. The van der Waals surface area contributed by atoms with Crippen molar-refractivity contribution in [2.75, 3.05) is 0 Å². The Balaban J connectivity index is 0.000000207. The molecule has 0 amide bonds. The Morgan fingerprint density at radius 2 is 0.716 bits per heavy atom. The molecule has 0 spiro atoms. The van der Waals surface area contributed by atoms with E-state index in [1.165, 1.54) is 72.3 Å². The van der Waals surface area contributed by atoms with Crippen molar-refractivity contribution in [3.8, 4) is 17.2 Å². The van der Waals surface area contributed by atoms with E-state index < -0.39 is 0 Å². The minimum absolute atomic E-state index is 0.0226. The first-order valence-corrected chi connectivity index (χ1v) is 28.0. The molecule has 0 radical (unpaired) electrons. The number of hydrogen-bond acceptors (Lipinski definition) is 3. The first-order valence-electron chi connectivity index (χ1n) is 28.0. The zero-order chi connectivity index (χ0) is 54.1. The number of benzene rings is 7. The first kappa shape index (κ1) is 58.8. The van der Waals surface area contributed by atoms with Gasteiger partial charge in [-0.25, -0.2) is 0 Å². The number of hydrogen-bond donors (Lipinski definition) is 0. The average molecular weight is 994 g/mol. The molecule has 0 saturated carbocycles. The SMILES string of the molecule is CCc1cc(C(C)(C)c2ccccc2)cc(C(C)C)c1OC(C)C.CCc1cc(C(c2ccccc2)c2ccccc2)cc(C(C)C)c1OC(C)C.CCc1cc(Cc2ccccc2)cc(C(C)C)c1OC(C)C. The highest BCUT2D eigenvalue weighted by Gasteiger charge is 2.27. The summed E-state index contributed by atoms with van der Waals surface area (Å²) in [5.41, 5.74) is 17.3. The molecule has 3 nitrogen and oxygen atoms in total. The Kier molecular flexibility index (Phi) is 22.3. The molecule has 0 atom stereocenters. The summed E-state index contributed by atoms with van der Waals surface area (Å²) in [6, 6.07) is 57.1. The lowest BCUT2D eigenvalue weighted by molar-refractivity contribution is 0.236. The zero-order valence-electron chi connectivity index (χ0n) is 48.6. The molecule has 3 heteroatoms. The quantitative estimate of drug-likeness (QED) is 0.0756. The van der Waals surface area contributed by atoms with Crippen molar-refractivity contribution in [2.45, 2.75) is 191 Å². The average Bonchev–Trinajstić information content (AvgIpc) is 3.38. The van der Waals surface area contributed by atoms with Crippen LogP contribution in [0, 0.1) is 0 Å². The molecule has 0 fully saturated rings. The van der Waals surface area contributed by atoms with Gasteiger partial charge < -0.3 is 14.2 Å². The molecule has 0 aliphatic heterocycles. The molecule has 0 N–H and O–H groups in total. The summed E-state index contributed by atoms with van der Waals surface area (Å²) in [7, 11) is 0. The molecule has 7 aromatic carbocycles. The molecule has 0 bridgehead atoms. The Morgan fingerprint density at radius 1 is 0.351 bits per heavy atom. The van der Waals surface area contributed by atoms with Gasteiger partial charge >= 0.3 is 0 Å². The van der Waals surface area contributed by atoms with Crippen molar-refractivity contribution in [1.82, 2.24) is 0 Å². The highest BCUT2D eigenvalue weighted by atomic mass is 16.5. The lowest BCUT2D eigenvalue weighted by Gasteiger charge is -2.29. The highest BCUT2D eigenvalue weighted by Crippen LogP contribution is 2.41. The molecule has 7 aromatic rings. The van der Waals surface area contributed by atoms with Gasteiger partial charge in [0.15, 0.2) is 0 Å². The number of rotatable bonds is 19. The normalized spacial score (nSPS) is 11.6. The zero-order valence-corrected chi connectivity index (χ0v) is 48.6. The third-order valence-electron chi connectivity index (χ3n) is 13.8. The van der Waals surface area contributed by atoms with E-state index in [2.05, 4.69) is 275 Å². The molecule has 0 saturated heterocycles. The first-order chi connectivity index (χ1) is 35.3. The van der Waals surface area contributed by atoms with Crippen LogP contribution in [0.1, 0.15) is 214 Å². The predicted octanol–water partition coefficient (Wildman–Crippen LogP) is 19.6. The third-order valence-corrected chi connectivity index (χ3v) is 13.8.